The summed E-state index contributed by atoms with van der Waals surface area (Å²) in [6.45, 7) is 0.805. The van der Waals surface area contributed by atoms with Crippen LogP contribution >= 0.6 is 11.8 Å². The fourth-order valence-corrected chi connectivity index (χ4v) is 2.28. The molecule has 0 aliphatic heterocycles. The monoisotopic (exact) mass is 254 g/mol. The van der Waals surface area contributed by atoms with Crippen molar-refractivity contribution in [3.05, 3.63) is 22.6 Å². The van der Waals surface area contributed by atoms with Gasteiger partial charge in [0.15, 0.2) is 5.16 Å². The lowest BCUT2D eigenvalue weighted by molar-refractivity contribution is -0.133. The third-order valence-electron chi connectivity index (χ3n) is 2.65. The number of aliphatic carboxylic acids is 1. The quantitative estimate of drug-likeness (QED) is 0.610. The Labute approximate surface area is 103 Å². The van der Waals surface area contributed by atoms with E-state index in [9.17, 15) is 9.59 Å². The molecule has 92 valence electrons. The van der Waals surface area contributed by atoms with Gasteiger partial charge in [0, 0.05) is 18.8 Å². The summed E-state index contributed by atoms with van der Waals surface area (Å²) in [6.07, 6.45) is 5.34. The highest BCUT2D eigenvalue weighted by Gasteiger charge is 2.21. The molecular formula is C11H14N2O3S. The van der Waals surface area contributed by atoms with E-state index in [1.807, 2.05) is 4.57 Å². The molecule has 0 aromatic carbocycles. The van der Waals surface area contributed by atoms with E-state index in [4.69, 9.17) is 5.11 Å². The second-order valence-electron chi connectivity index (χ2n) is 4.16. The van der Waals surface area contributed by atoms with Crippen LogP contribution in [-0.2, 0) is 11.3 Å². The van der Waals surface area contributed by atoms with Crippen molar-refractivity contribution >= 4 is 17.7 Å². The standard InChI is InChI=1S/C11H14N2O3S/c14-9-4-6-13(5-3-8-1-2-8)11(12-9)17-7-10(15)16/h4,6,8H,1-3,5,7H2,(H,15,16). The molecule has 0 spiro atoms. The Hall–Kier alpha value is -1.30. The smallest absolute Gasteiger partial charge is 0.313 e. The number of thioether (sulfide) groups is 1. The Morgan fingerprint density at radius 2 is 2.35 bits per heavy atom. The highest BCUT2D eigenvalue weighted by atomic mass is 32.2. The first-order valence-corrected chi connectivity index (χ1v) is 6.56. The van der Waals surface area contributed by atoms with Crippen LogP contribution in [0.5, 0.6) is 0 Å². The van der Waals surface area contributed by atoms with Gasteiger partial charge in [0.1, 0.15) is 0 Å². The number of aryl methyl sites for hydroxylation is 1. The lowest BCUT2D eigenvalue weighted by Gasteiger charge is -2.10. The molecular weight excluding hydrogens is 240 g/mol. The summed E-state index contributed by atoms with van der Waals surface area (Å²) in [5.74, 6) is -0.173. The summed E-state index contributed by atoms with van der Waals surface area (Å²) < 4.78 is 1.87. The molecule has 0 radical (unpaired) electrons. The number of nitrogens with zero attached hydrogens (tertiary/aromatic N) is 2. The van der Waals surface area contributed by atoms with Gasteiger partial charge in [-0.15, -0.1) is 0 Å². The lowest BCUT2D eigenvalue weighted by atomic mass is 10.3. The summed E-state index contributed by atoms with van der Waals surface area (Å²) >= 11 is 1.09. The molecule has 5 nitrogen and oxygen atoms in total. The van der Waals surface area contributed by atoms with Crippen LogP contribution in [-0.4, -0.2) is 26.4 Å². The van der Waals surface area contributed by atoms with E-state index in [-0.39, 0.29) is 11.3 Å². The van der Waals surface area contributed by atoms with Crippen LogP contribution in [0.1, 0.15) is 19.3 Å². The van der Waals surface area contributed by atoms with E-state index in [1.165, 1.54) is 18.9 Å². The van der Waals surface area contributed by atoms with Crippen LogP contribution in [0.25, 0.3) is 0 Å². The molecule has 1 aromatic rings. The maximum atomic E-state index is 11.2. The van der Waals surface area contributed by atoms with Gasteiger partial charge in [-0.1, -0.05) is 24.6 Å². The Kier molecular flexibility index (Phi) is 3.83. The van der Waals surface area contributed by atoms with Crippen molar-refractivity contribution in [2.45, 2.75) is 31.0 Å². The third-order valence-corrected chi connectivity index (χ3v) is 3.62. The highest BCUT2D eigenvalue weighted by Crippen LogP contribution is 2.33. The molecule has 1 heterocycles. The molecule has 1 N–H and O–H groups in total. The zero-order valence-electron chi connectivity index (χ0n) is 9.33. The van der Waals surface area contributed by atoms with E-state index < -0.39 is 5.97 Å². The Morgan fingerprint density at radius 3 is 3.00 bits per heavy atom. The Bertz CT molecular complexity index is 468. The minimum absolute atomic E-state index is 0.0696. The van der Waals surface area contributed by atoms with Crippen LogP contribution < -0.4 is 5.56 Å². The minimum Gasteiger partial charge on any atom is -0.481 e. The molecule has 0 amide bonds. The second kappa shape index (κ2) is 5.35. The van der Waals surface area contributed by atoms with Gasteiger partial charge in [-0.05, 0) is 12.3 Å². The van der Waals surface area contributed by atoms with Crippen LogP contribution in [0.2, 0.25) is 0 Å². The maximum Gasteiger partial charge on any atom is 0.313 e. The summed E-state index contributed by atoms with van der Waals surface area (Å²) in [4.78, 5) is 25.5. The molecule has 0 atom stereocenters. The van der Waals surface area contributed by atoms with Crippen LogP contribution in [0.4, 0.5) is 0 Å². The number of rotatable bonds is 6. The summed E-state index contributed by atoms with van der Waals surface area (Å²) in [5.41, 5.74) is -0.319. The molecule has 0 bridgehead atoms. The molecule has 0 unspecified atom stereocenters. The zero-order valence-corrected chi connectivity index (χ0v) is 10.2. The van der Waals surface area contributed by atoms with E-state index in [1.54, 1.807) is 6.20 Å². The normalized spacial score (nSPS) is 14.8. The zero-order chi connectivity index (χ0) is 12.3. The van der Waals surface area contributed by atoms with Crippen molar-refractivity contribution in [3.63, 3.8) is 0 Å². The number of aromatic nitrogens is 2. The first kappa shape index (κ1) is 12.2. The Morgan fingerprint density at radius 1 is 1.59 bits per heavy atom. The van der Waals surface area contributed by atoms with E-state index in [0.29, 0.717) is 5.16 Å². The van der Waals surface area contributed by atoms with Crippen LogP contribution in [0.15, 0.2) is 22.2 Å². The van der Waals surface area contributed by atoms with Gasteiger partial charge in [-0.3, -0.25) is 9.59 Å². The van der Waals surface area contributed by atoms with E-state index in [0.717, 1.165) is 30.6 Å². The maximum absolute atomic E-state index is 11.2. The summed E-state index contributed by atoms with van der Waals surface area (Å²) in [7, 11) is 0. The van der Waals surface area contributed by atoms with Gasteiger partial charge in [0.25, 0.3) is 5.56 Å². The Balaban J connectivity index is 2.05. The molecule has 1 saturated carbocycles. The predicted molar refractivity (Wildman–Crippen MR) is 64.2 cm³/mol. The predicted octanol–water partition coefficient (Wildman–Crippen LogP) is 1.22. The molecule has 1 aliphatic rings. The van der Waals surface area contributed by atoms with Gasteiger partial charge in [0.05, 0.1) is 5.75 Å². The van der Waals surface area contributed by atoms with Crippen LogP contribution in [0, 0.1) is 5.92 Å². The number of carboxylic acid groups (broad SMARTS) is 1. The second-order valence-corrected chi connectivity index (χ2v) is 5.10. The fourth-order valence-electron chi connectivity index (χ4n) is 1.55. The van der Waals surface area contributed by atoms with Crippen molar-refractivity contribution in [1.82, 2.24) is 9.55 Å². The average Bonchev–Trinajstić information content (AvgIpc) is 3.09. The van der Waals surface area contributed by atoms with E-state index in [2.05, 4.69) is 4.98 Å². The number of carbonyl (C=O) groups is 1. The number of hydrogen-bond acceptors (Lipinski definition) is 4. The topological polar surface area (TPSA) is 72.2 Å². The van der Waals surface area contributed by atoms with Crippen LogP contribution in [0.3, 0.4) is 0 Å². The van der Waals surface area contributed by atoms with Crippen molar-refractivity contribution in [2.24, 2.45) is 5.92 Å². The largest absolute Gasteiger partial charge is 0.481 e. The molecule has 0 saturated heterocycles. The summed E-state index contributed by atoms with van der Waals surface area (Å²) in [6, 6.07) is 1.41. The van der Waals surface area contributed by atoms with Gasteiger partial charge in [-0.2, -0.15) is 4.98 Å². The van der Waals surface area contributed by atoms with Gasteiger partial charge in [0.2, 0.25) is 0 Å². The molecule has 1 fully saturated rings. The number of hydrogen-bond donors (Lipinski definition) is 1. The number of carboxylic acids is 1. The molecule has 17 heavy (non-hydrogen) atoms. The summed E-state index contributed by atoms with van der Waals surface area (Å²) in [5, 5.41) is 9.13. The molecule has 6 heteroatoms. The van der Waals surface area contributed by atoms with E-state index >= 15 is 0 Å². The van der Waals surface area contributed by atoms with Gasteiger partial charge < -0.3 is 9.67 Å². The van der Waals surface area contributed by atoms with Crippen molar-refractivity contribution in [1.29, 1.82) is 0 Å². The SMILES string of the molecule is O=C(O)CSc1nc(=O)ccn1CCC1CC1. The van der Waals surface area contributed by atoms with Gasteiger partial charge >= 0.3 is 5.97 Å². The van der Waals surface area contributed by atoms with Crippen molar-refractivity contribution < 1.29 is 9.90 Å². The molecule has 1 aliphatic carbocycles. The van der Waals surface area contributed by atoms with Crippen molar-refractivity contribution in [2.75, 3.05) is 5.75 Å². The molecule has 1 aromatic heterocycles. The first-order chi connectivity index (χ1) is 8.15. The van der Waals surface area contributed by atoms with Crippen molar-refractivity contribution in [3.8, 4) is 0 Å². The first-order valence-electron chi connectivity index (χ1n) is 5.57. The lowest BCUT2D eigenvalue weighted by Crippen LogP contribution is -2.14. The highest BCUT2D eigenvalue weighted by molar-refractivity contribution is 7.99. The fraction of sp³-hybridized carbons (Fsp3) is 0.545. The van der Waals surface area contributed by atoms with Gasteiger partial charge in [-0.25, -0.2) is 0 Å². The molecule has 2 rings (SSSR count). The average molecular weight is 254 g/mol. The third kappa shape index (κ3) is 3.89. The minimum atomic E-state index is -0.901.